The van der Waals surface area contributed by atoms with Crippen LogP contribution in [0.15, 0.2) is 42.5 Å². The summed E-state index contributed by atoms with van der Waals surface area (Å²) in [4.78, 5) is 7.18. The summed E-state index contributed by atoms with van der Waals surface area (Å²) < 4.78 is 21.7. The largest absolute Gasteiger partial charge is 0.431 e. The first kappa shape index (κ1) is 21.3. The molecule has 1 N–H and O–H groups in total. The number of fused-ring (bicyclic) bond motifs is 3. The van der Waals surface area contributed by atoms with E-state index in [1.165, 1.54) is 29.7 Å². The number of rotatable bonds is 7. The molecule has 0 saturated carbocycles. The Balaban J connectivity index is 1.17. The predicted molar refractivity (Wildman–Crippen MR) is 129 cm³/mol. The van der Waals surface area contributed by atoms with Gasteiger partial charge < -0.3 is 4.74 Å². The normalized spacial score (nSPS) is 24.5. The molecule has 2 bridgehead atoms. The third kappa shape index (κ3) is 4.81. The van der Waals surface area contributed by atoms with Crippen molar-refractivity contribution in [3.8, 4) is 10.9 Å². The zero-order chi connectivity index (χ0) is 21.4. The van der Waals surface area contributed by atoms with Gasteiger partial charge in [0.05, 0.1) is 20.7 Å². The van der Waals surface area contributed by atoms with E-state index in [2.05, 4.69) is 26.7 Å². The molecular formula is C23H26ClN3O2S2. The minimum atomic E-state index is -0.924. The molecule has 2 unspecified atom stereocenters. The molecule has 0 radical (unpaired) electrons. The molecule has 164 valence electrons. The summed E-state index contributed by atoms with van der Waals surface area (Å²) in [5.41, 5.74) is 2.11. The second-order valence-electron chi connectivity index (χ2n) is 8.43. The smallest absolute Gasteiger partial charge is 0.279 e. The maximum absolute atomic E-state index is 11.5. The maximum atomic E-state index is 11.5. The number of aromatic nitrogens is 1. The van der Waals surface area contributed by atoms with Gasteiger partial charge in [0.15, 0.2) is 0 Å². The van der Waals surface area contributed by atoms with Gasteiger partial charge in [-0.1, -0.05) is 41.1 Å². The molecule has 4 atom stereocenters. The number of thiazole rings is 1. The Bertz CT molecular complexity index is 1070. The zero-order valence-corrected chi connectivity index (χ0v) is 19.8. The average Bonchev–Trinajstić information content (AvgIpc) is 3.25. The molecule has 1 aromatic heterocycles. The number of ether oxygens (including phenoxy) is 1. The predicted octanol–water partition coefficient (Wildman–Crippen LogP) is 5.16. The van der Waals surface area contributed by atoms with E-state index < -0.39 is 11.0 Å². The van der Waals surface area contributed by atoms with Crippen LogP contribution in [0.5, 0.6) is 10.9 Å². The van der Waals surface area contributed by atoms with Crippen LogP contribution in [-0.2, 0) is 17.4 Å². The summed E-state index contributed by atoms with van der Waals surface area (Å²) in [5.74, 6) is 0.790. The number of benzene rings is 2. The molecular weight excluding hydrogens is 450 g/mol. The highest BCUT2D eigenvalue weighted by Crippen LogP contribution is 2.36. The van der Waals surface area contributed by atoms with Gasteiger partial charge in [-0.25, -0.2) is 13.9 Å². The monoisotopic (exact) mass is 475 g/mol. The number of piperidine rings is 1. The lowest BCUT2D eigenvalue weighted by molar-refractivity contribution is 0.125. The number of nitrogens with zero attached hydrogens (tertiary/aromatic N) is 2. The number of nitrogens with one attached hydrogen (secondary N) is 1. The molecule has 2 fully saturated rings. The van der Waals surface area contributed by atoms with E-state index in [4.69, 9.17) is 16.3 Å². The first-order chi connectivity index (χ1) is 15.0. The molecule has 5 nitrogen and oxygen atoms in total. The van der Waals surface area contributed by atoms with Crippen molar-refractivity contribution in [2.75, 3.05) is 12.8 Å². The highest BCUT2D eigenvalue weighted by molar-refractivity contribution is 7.82. The fourth-order valence-electron chi connectivity index (χ4n) is 4.99. The molecule has 3 aromatic rings. The van der Waals surface area contributed by atoms with Gasteiger partial charge in [-0.15, -0.1) is 0 Å². The van der Waals surface area contributed by atoms with Crippen molar-refractivity contribution >= 4 is 44.1 Å². The standard InChI is InChI=1S/C23H26ClN3O2S2/c1-31(28)26-16-13-17-7-8-18(14-16)27(17)12-11-15-5-9-19(10-6-15)29-23-25-22-20(24)3-2-4-21(22)30-23/h2-6,9-10,16-18,26H,7-8,11-14H2,1H3/t16?,17-,18+,31?. The first-order valence-electron chi connectivity index (χ1n) is 10.7. The highest BCUT2D eigenvalue weighted by atomic mass is 35.5. The van der Waals surface area contributed by atoms with Crippen molar-refractivity contribution in [2.24, 2.45) is 0 Å². The molecule has 3 heterocycles. The molecule has 2 aromatic carbocycles. The molecule has 0 spiro atoms. The zero-order valence-electron chi connectivity index (χ0n) is 17.4. The minimum absolute atomic E-state index is 0.397. The summed E-state index contributed by atoms with van der Waals surface area (Å²) in [5, 5.41) is 1.26. The molecule has 2 saturated heterocycles. The quantitative estimate of drug-likeness (QED) is 0.512. The highest BCUT2D eigenvalue weighted by Gasteiger charge is 2.40. The van der Waals surface area contributed by atoms with E-state index in [0.29, 0.717) is 28.3 Å². The van der Waals surface area contributed by atoms with Gasteiger partial charge >= 0.3 is 0 Å². The topological polar surface area (TPSA) is 54.5 Å². The minimum Gasteiger partial charge on any atom is -0.431 e. The molecule has 0 amide bonds. The summed E-state index contributed by atoms with van der Waals surface area (Å²) in [6.45, 7) is 1.08. The summed E-state index contributed by atoms with van der Waals surface area (Å²) >= 11 is 7.72. The summed E-state index contributed by atoms with van der Waals surface area (Å²) in [6, 6.07) is 15.7. The fourth-order valence-corrected chi connectivity index (χ4v) is 6.79. The third-order valence-corrected chi connectivity index (χ3v) is 8.22. The first-order valence-corrected chi connectivity index (χ1v) is 13.5. The fraction of sp³-hybridized carbons (Fsp3) is 0.435. The number of halogens is 1. The van der Waals surface area contributed by atoms with E-state index in [1.54, 1.807) is 6.26 Å². The van der Waals surface area contributed by atoms with Crippen LogP contribution in [0.4, 0.5) is 0 Å². The van der Waals surface area contributed by atoms with Gasteiger partial charge in [-0.05, 0) is 61.9 Å². The van der Waals surface area contributed by atoms with Crippen molar-refractivity contribution in [1.82, 2.24) is 14.6 Å². The summed E-state index contributed by atoms with van der Waals surface area (Å²) in [6.07, 6.45) is 7.50. The van der Waals surface area contributed by atoms with Gasteiger partial charge in [-0.2, -0.15) is 0 Å². The molecule has 5 rings (SSSR count). The SMILES string of the molecule is CS(=O)NC1C[C@H]2CC[C@@H](C1)N2CCc1ccc(Oc2nc3c(Cl)cccc3s2)cc1. The Hall–Kier alpha value is -1.51. The van der Waals surface area contributed by atoms with Gasteiger partial charge in [0.2, 0.25) is 0 Å². The third-order valence-electron chi connectivity index (χ3n) is 6.35. The maximum Gasteiger partial charge on any atom is 0.279 e. The Kier molecular flexibility index (Phi) is 6.30. The van der Waals surface area contributed by atoms with Crippen LogP contribution >= 0.6 is 22.9 Å². The lowest BCUT2D eigenvalue weighted by atomic mass is 9.97. The Labute approximate surface area is 194 Å². The number of para-hydroxylation sites is 1. The van der Waals surface area contributed by atoms with E-state index in [0.717, 1.165) is 41.8 Å². The average molecular weight is 476 g/mol. The van der Waals surface area contributed by atoms with Crippen molar-refractivity contribution in [2.45, 2.75) is 50.2 Å². The lowest BCUT2D eigenvalue weighted by Crippen LogP contribution is -2.49. The van der Waals surface area contributed by atoms with Crippen molar-refractivity contribution in [1.29, 1.82) is 0 Å². The van der Waals surface area contributed by atoms with E-state index in [1.807, 2.05) is 30.3 Å². The van der Waals surface area contributed by atoms with Gasteiger partial charge in [0.1, 0.15) is 11.3 Å². The van der Waals surface area contributed by atoms with Gasteiger partial charge in [-0.3, -0.25) is 4.90 Å². The van der Waals surface area contributed by atoms with E-state index >= 15 is 0 Å². The van der Waals surface area contributed by atoms with E-state index in [-0.39, 0.29) is 0 Å². The molecule has 2 aliphatic rings. The van der Waals surface area contributed by atoms with Crippen molar-refractivity contribution < 1.29 is 8.95 Å². The second kappa shape index (κ2) is 9.16. The van der Waals surface area contributed by atoms with Crippen LogP contribution in [0.1, 0.15) is 31.2 Å². The summed E-state index contributed by atoms with van der Waals surface area (Å²) in [7, 11) is -0.924. The van der Waals surface area contributed by atoms with Crippen LogP contribution in [0.3, 0.4) is 0 Å². The van der Waals surface area contributed by atoms with Crippen LogP contribution < -0.4 is 9.46 Å². The van der Waals surface area contributed by atoms with Crippen LogP contribution in [0.2, 0.25) is 5.02 Å². The lowest BCUT2D eigenvalue weighted by Gasteiger charge is -2.39. The van der Waals surface area contributed by atoms with Crippen LogP contribution in [-0.4, -0.2) is 45.0 Å². The van der Waals surface area contributed by atoms with Gasteiger partial charge in [0.25, 0.3) is 5.19 Å². The molecule has 2 aliphatic heterocycles. The number of hydrogen-bond donors (Lipinski definition) is 1. The van der Waals surface area contributed by atoms with Crippen molar-refractivity contribution in [3.63, 3.8) is 0 Å². The molecule has 8 heteroatoms. The van der Waals surface area contributed by atoms with Crippen molar-refractivity contribution in [3.05, 3.63) is 53.1 Å². The number of hydrogen-bond acceptors (Lipinski definition) is 5. The Morgan fingerprint density at radius 3 is 2.61 bits per heavy atom. The van der Waals surface area contributed by atoms with Gasteiger partial charge in [0, 0.05) is 30.9 Å². The van der Waals surface area contributed by atoms with Crippen LogP contribution in [0, 0.1) is 0 Å². The second-order valence-corrected chi connectivity index (χ2v) is 11.0. The van der Waals surface area contributed by atoms with E-state index in [9.17, 15) is 4.21 Å². The molecule has 0 aliphatic carbocycles. The molecule has 31 heavy (non-hydrogen) atoms. The Morgan fingerprint density at radius 1 is 1.19 bits per heavy atom. The van der Waals surface area contributed by atoms with Crippen LogP contribution in [0.25, 0.3) is 10.2 Å². The Morgan fingerprint density at radius 2 is 1.94 bits per heavy atom.